The Morgan fingerprint density at radius 3 is 2.67 bits per heavy atom. The quantitative estimate of drug-likeness (QED) is 0.717. The molecule has 0 heterocycles. The number of aromatic carboxylic acids is 1. The summed E-state index contributed by atoms with van der Waals surface area (Å²) in [6.45, 7) is 4.46. The second kappa shape index (κ2) is 7.08. The van der Waals surface area contributed by atoms with Gasteiger partial charge in [-0.05, 0) is 31.5 Å². The van der Waals surface area contributed by atoms with Gasteiger partial charge in [0.25, 0.3) is 0 Å². The molecule has 1 aromatic rings. The average molecular weight is 291 g/mol. The standard InChI is InChI=1S/C15H21N3O3/c1-2-18(11-7-8-11)10-9-16-15(21)17-13-6-4-3-5-12(13)14(19)20/h3-6,11H,2,7-10H2,1H3,(H,19,20)(H2,16,17,21). The lowest BCUT2D eigenvalue weighted by Crippen LogP contribution is -2.38. The van der Waals surface area contributed by atoms with Gasteiger partial charge in [-0.2, -0.15) is 0 Å². The Kier molecular flexibility index (Phi) is 5.16. The highest BCUT2D eigenvalue weighted by Gasteiger charge is 2.27. The van der Waals surface area contributed by atoms with Crippen LogP contribution >= 0.6 is 0 Å². The summed E-state index contributed by atoms with van der Waals surface area (Å²) in [7, 11) is 0. The summed E-state index contributed by atoms with van der Waals surface area (Å²) in [4.78, 5) is 25.2. The minimum atomic E-state index is -1.06. The van der Waals surface area contributed by atoms with Crippen LogP contribution in [0.25, 0.3) is 0 Å². The van der Waals surface area contributed by atoms with Crippen LogP contribution in [-0.4, -0.2) is 47.7 Å². The van der Waals surface area contributed by atoms with Gasteiger partial charge in [-0.25, -0.2) is 9.59 Å². The van der Waals surface area contributed by atoms with E-state index in [1.54, 1.807) is 18.2 Å². The maximum atomic E-state index is 11.8. The highest BCUT2D eigenvalue weighted by atomic mass is 16.4. The van der Waals surface area contributed by atoms with E-state index >= 15 is 0 Å². The van der Waals surface area contributed by atoms with E-state index in [4.69, 9.17) is 5.11 Å². The number of likely N-dealkylation sites (N-methyl/N-ethyl adjacent to an activating group) is 1. The average Bonchev–Trinajstić information content (AvgIpc) is 3.28. The van der Waals surface area contributed by atoms with Crippen molar-refractivity contribution in [2.45, 2.75) is 25.8 Å². The molecule has 21 heavy (non-hydrogen) atoms. The number of rotatable bonds is 7. The predicted octanol–water partition coefficient (Wildman–Crippen LogP) is 1.99. The highest BCUT2D eigenvalue weighted by Crippen LogP contribution is 2.25. The molecule has 2 amide bonds. The molecule has 114 valence electrons. The monoisotopic (exact) mass is 291 g/mol. The van der Waals surface area contributed by atoms with E-state index in [2.05, 4.69) is 22.5 Å². The van der Waals surface area contributed by atoms with Crippen molar-refractivity contribution in [2.24, 2.45) is 0 Å². The molecule has 0 unspecified atom stereocenters. The van der Waals surface area contributed by atoms with Crippen LogP contribution in [0.15, 0.2) is 24.3 Å². The number of hydrogen-bond donors (Lipinski definition) is 3. The van der Waals surface area contributed by atoms with Crippen molar-refractivity contribution in [3.8, 4) is 0 Å². The van der Waals surface area contributed by atoms with Crippen LogP contribution in [0.4, 0.5) is 10.5 Å². The topological polar surface area (TPSA) is 81.7 Å². The van der Waals surface area contributed by atoms with Crippen molar-refractivity contribution in [1.29, 1.82) is 0 Å². The molecule has 3 N–H and O–H groups in total. The zero-order valence-electron chi connectivity index (χ0n) is 12.1. The predicted molar refractivity (Wildman–Crippen MR) is 80.7 cm³/mol. The van der Waals surface area contributed by atoms with Gasteiger partial charge in [0.05, 0.1) is 11.3 Å². The Morgan fingerprint density at radius 1 is 1.33 bits per heavy atom. The first-order chi connectivity index (χ1) is 10.1. The second-order valence-electron chi connectivity index (χ2n) is 5.09. The number of nitrogens with zero attached hydrogens (tertiary/aromatic N) is 1. The number of carbonyl (C=O) groups excluding carboxylic acids is 1. The van der Waals surface area contributed by atoms with Crippen LogP contribution in [0.1, 0.15) is 30.1 Å². The number of carboxylic acids is 1. The molecule has 2 rings (SSSR count). The SMILES string of the molecule is CCN(CCNC(=O)Nc1ccccc1C(=O)O)C1CC1. The number of hydrogen-bond acceptors (Lipinski definition) is 3. The number of para-hydroxylation sites is 1. The minimum Gasteiger partial charge on any atom is -0.478 e. The Bertz CT molecular complexity index is 515. The molecule has 1 fully saturated rings. The van der Waals surface area contributed by atoms with Crippen LogP contribution < -0.4 is 10.6 Å². The van der Waals surface area contributed by atoms with Crippen LogP contribution in [0.3, 0.4) is 0 Å². The van der Waals surface area contributed by atoms with Gasteiger partial charge in [0.2, 0.25) is 0 Å². The zero-order chi connectivity index (χ0) is 15.2. The number of benzene rings is 1. The molecule has 0 atom stereocenters. The number of amides is 2. The summed E-state index contributed by atoms with van der Waals surface area (Å²) in [6, 6.07) is 6.65. The Hall–Kier alpha value is -2.08. The number of carboxylic acid groups (broad SMARTS) is 1. The fraction of sp³-hybridized carbons (Fsp3) is 0.467. The van der Waals surface area contributed by atoms with E-state index in [1.807, 2.05) is 0 Å². The van der Waals surface area contributed by atoms with Crippen molar-refractivity contribution in [1.82, 2.24) is 10.2 Å². The van der Waals surface area contributed by atoms with Gasteiger partial charge in [-0.3, -0.25) is 4.90 Å². The molecule has 1 aromatic carbocycles. The smallest absolute Gasteiger partial charge is 0.337 e. The molecule has 0 radical (unpaired) electrons. The fourth-order valence-electron chi connectivity index (χ4n) is 2.30. The third-order valence-electron chi connectivity index (χ3n) is 3.56. The van der Waals surface area contributed by atoms with Crippen LogP contribution in [0.2, 0.25) is 0 Å². The summed E-state index contributed by atoms with van der Waals surface area (Å²) < 4.78 is 0. The van der Waals surface area contributed by atoms with E-state index in [0.717, 1.165) is 13.1 Å². The summed E-state index contributed by atoms with van der Waals surface area (Å²) >= 11 is 0. The van der Waals surface area contributed by atoms with E-state index < -0.39 is 5.97 Å². The first-order valence-electron chi connectivity index (χ1n) is 7.23. The van der Waals surface area contributed by atoms with Gasteiger partial charge >= 0.3 is 12.0 Å². The third kappa shape index (κ3) is 4.46. The number of urea groups is 1. The molecular weight excluding hydrogens is 270 g/mol. The van der Waals surface area contributed by atoms with Crippen LogP contribution in [0, 0.1) is 0 Å². The van der Waals surface area contributed by atoms with Gasteiger partial charge < -0.3 is 15.7 Å². The van der Waals surface area contributed by atoms with Gasteiger partial charge in [0.1, 0.15) is 0 Å². The number of anilines is 1. The molecule has 1 aliphatic rings. The summed E-state index contributed by atoms with van der Waals surface area (Å²) in [5, 5.41) is 14.4. The van der Waals surface area contributed by atoms with Gasteiger partial charge in [0.15, 0.2) is 0 Å². The molecular formula is C15H21N3O3. The number of carbonyl (C=O) groups is 2. The van der Waals surface area contributed by atoms with Crippen molar-refractivity contribution >= 4 is 17.7 Å². The van der Waals surface area contributed by atoms with E-state index in [1.165, 1.54) is 18.9 Å². The summed E-state index contributed by atoms with van der Waals surface area (Å²) in [6.07, 6.45) is 2.48. The van der Waals surface area contributed by atoms with Gasteiger partial charge in [-0.1, -0.05) is 19.1 Å². The third-order valence-corrected chi connectivity index (χ3v) is 3.56. The molecule has 0 aliphatic heterocycles. The molecule has 1 saturated carbocycles. The lowest BCUT2D eigenvalue weighted by Gasteiger charge is -2.19. The van der Waals surface area contributed by atoms with Crippen molar-refractivity contribution in [3.63, 3.8) is 0 Å². The molecule has 1 aliphatic carbocycles. The minimum absolute atomic E-state index is 0.0841. The Morgan fingerprint density at radius 2 is 2.05 bits per heavy atom. The maximum Gasteiger partial charge on any atom is 0.337 e. The van der Waals surface area contributed by atoms with Crippen LogP contribution in [0.5, 0.6) is 0 Å². The van der Waals surface area contributed by atoms with Crippen molar-refractivity contribution < 1.29 is 14.7 Å². The largest absolute Gasteiger partial charge is 0.478 e. The molecule has 0 aromatic heterocycles. The highest BCUT2D eigenvalue weighted by molar-refractivity contribution is 5.99. The maximum absolute atomic E-state index is 11.8. The lowest BCUT2D eigenvalue weighted by molar-refractivity contribution is 0.0698. The molecule has 0 saturated heterocycles. The van der Waals surface area contributed by atoms with E-state index in [-0.39, 0.29) is 11.6 Å². The summed E-state index contributed by atoms with van der Waals surface area (Å²) in [5.74, 6) is -1.06. The van der Waals surface area contributed by atoms with Gasteiger partial charge in [0, 0.05) is 19.1 Å². The first-order valence-corrected chi connectivity index (χ1v) is 7.23. The Labute approximate surface area is 124 Å². The Balaban J connectivity index is 1.80. The van der Waals surface area contributed by atoms with E-state index in [0.29, 0.717) is 18.3 Å². The van der Waals surface area contributed by atoms with Crippen molar-refractivity contribution in [3.05, 3.63) is 29.8 Å². The zero-order valence-corrected chi connectivity index (χ0v) is 12.1. The summed E-state index contributed by atoms with van der Waals surface area (Å²) in [5.41, 5.74) is 0.387. The number of nitrogens with one attached hydrogen (secondary N) is 2. The van der Waals surface area contributed by atoms with Gasteiger partial charge in [-0.15, -0.1) is 0 Å². The molecule has 0 bridgehead atoms. The van der Waals surface area contributed by atoms with E-state index in [9.17, 15) is 9.59 Å². The molecule has 6 heteroatoms. The van der Waals surface area contributed by atoms with Crippen molar-refractivity contribution in [2.75, 3.05) is 25.0 Å². The lowest BCUT2D eigenvalue weighted by atomic mass is 10.2. The second-order valence-corrected chi connectivity index (χ2v) is 5.09. The fourth-order valence-corrected chi connectivity index (χ4v) is 2.30. The molecule has 6 nitrogen and oxygen atoms in total. The van der Waals surface area contributed by atoms with Crippen LogP contribution in [-0.2, 0) is 0 Å². The first kappa shape index (κ1) is 15.3. The normalized spacial score (nSPS) is 14.0. The molecule has 0 spiro atoms.